The average molecular weight is 305 g/mol. The number of hydrogen-bond donors (Lipinski definition) is 1. The highest BCUT2D eigenvalue weighted by Gasteiger charge is 2.27. The Labute approximate surface area is 120 Å². The summed E-state index contributed by atoms with van der Waals surface area (Å²) in [5.74, 6) is -1.37. The van der Waals surface area contributed by atoms with Crippen LogP contribution in [0.25, 0.3) is 0 Å². The topological polar surface area (TPSA) is 91.8 Å². The van der Waals surface area contributed by atoms with Crippen molar-refractivity contribution in [3.8, 4) is 0 Å². The number of rotatable bonds is 6. The zero-order valence-electron chi connectivity index (χ0n) is 12.0. The van der Waals surface area contributed by atoms with Crippen molar-refractivity contribution in [2.24, 2.45) is 11.8 Å². The van der Waals surface area contributed by atoms with Gasteiger partial charge < -0.3 is 10.0 Å². The minimum atomic E-state index is -3.18. The number of carboxylic acid groups (broad SMARTS) is 1. The molecule has 1 N–H and O–H groups in total. The molecule has 0 bridgehead atoms. The third-order valence-electron chi connectivity index (χ3n) is 3.41. The highest BCUT2D eigenvalue weighted by Crippen LogP contribution is 2.18. The molecule has 1 saturated heterocycles. The molecule has 0 aromatic heterocycles. The van der Waals surface area contributed by atoms with Crippen molar-refractivity contribution in [2.45, 2.75) is 33.1 Å². The van der Waals surface area contributed by atoms with E-state index in [0.717, 1.165) is 0 Å². The summed E-state index contributed by atoms with van der Waals surface area (Å²) in [6, 6.07) is 0. The number of aliphatic carboxylic acids is 1. The van der Waals surface area contributed by atoms with Gasteiger partial charge in [0.05, 0.1) is 17.4 Å². The van der Waals surface area contributed by atoms with Gasteiger partial charge in [0.15, 0.2) is 9.84 Å². The minimum Gasteiger partial charge on any atom is -0.481 e. The maximum Gasteiger partial charge on any atom is 0.306 e. The van der Waals surface area contributed by atoms with Crippen molar-refractivity contribution < 1.29 is 23.1 Å². The normalized spacial score (nSPS) is 17.4. The zero-order chi connectivity index (χ0) is 15.3. The van der Waals surface area contributed by atoms with Crippen LogP contribution in [0.2, 0.25) is 0 Å². The molecule has 0 aromatic carbocycles. The van der Waals surface area contributed by atoms with Crippen molar-refractivity contribution in [3.05, 3.63) is 0 Å². The molecule has 0 unspecified atom stereocenters. The fourth-order valence-electron chi connectivity index (χ4n) is 2.37. The zero-order valence-corrected chi connectivity index (χ0v) is 12.9. The Hall–Kier alpha value is -1.11. The summed E-state index contributed by atoms with van der Waals surface area (Å²) in [5, 5.41) is 8.87. The predicted octanol–water partition coefficient (Wildman–Crippen LogP) is 0.770. The average Bonchev–Trinajstić information content (AvgIpc) is 2.34. The standard InChI is InChI=1S/C13H23NO5S/c1-10(2)9-20(18,19)8-5-12(15)14-6-3-11(4-7-14)13(16)17/h10-11H,3-9H2,1-2H3,(H,16,17). The first-order valence-electron chi connectivity index (χ1n) is 6.92. The Morgan fingerprint density at radius 2 is 1.80 bits per heavy atom. The Morgan fingerprint density at radius 3 is 2.25 bits per heavy atom. The van der Waals surface area contributed by atoms with E-state index in [1.165, 1.54) is 0 Å². The summed E-state index contributed by atoms with van der Waals surface area (Å²) in [4.78, 5) is 24.3. The van der Waals surface area contributed by atoms with Crippen LogP contribution in [-0.4, -0.2) is 54.9 Å². The molecule has 7 heteroatoms. The molecule has 1 rings (SSSR count). The highest BCUT2D eigenvalue weighted by molar-refractivity contribution is 7.91. The molecule has 1 fully saturated rings. The molecule has 0 aromatic rings. The summed E-state index contributed by atoms with van der Waals surface area (Å²) in [6.45, 7) is 4.46. The smallest absolute Gasteiger partial charge is 0.306 e. The Balaban J connectivity index is 2.40. The Bertz CT molecular complexity index is 449. The summed E-state index contributed by atoms with van der Waals surface area (Å²) in [6.07, 6.45) is 0.881. The maximum atomic E-state index is 11.9. The Morgan fingerprint density at radius 1 is 1.25 bits per heavy atom. The SMILES string of the molecule is CC(C)CS(=O)(=O)CCC(=O)N1CCC(C(=O)O)CC1. The number of amides is 1. The van der Waals surface area contributed by atoms with E-state index in [-0.39, 0.29) is 35.7 Å². The van der Waals surface area contributed by atoms with Crippen molar-refractivity contribution in [2.75, 3.05) is 24.6 Å². The molecule has 116 valence electrons. The van der Waals surface area contributed by atoms with Crippen LogP contribution in [0, 0.1) is 11.8 Å². The number of piperidine rings is 1. The molecule has 1 aliphatic rings. The number of nitrogens with zero attached hydrogens (tertiary/aromatic N) is 1. The highest BCUT2D eigenvalue weighted by atomic mass is 32.2. The van der Waals surface area contributed by atoms with Crippen LogP contribution >= 0.6 is 0 Å². The number of carboxylic acids is 1. The van der Waals surface area contributed by atoms with Gasteiger partial charge >= 0.3 is 5.97 Å². The summed E-state index contributed by atoms with van der Waals surface area (Å²) in [5.41, 5.74) is 0. The molecule has 6 nitrogen and oxygen atoms in total. The number of sulfone groups is 1. The van der Waals surface area contributed by atoms with Gasteiger partial charge in [0, 0.05) is 19.5 Å². The van der Waals surface area contributed by atoms with E-state index in [4.69, 9.17) is 5.11 Å². The molecule has 0 saturated carbocycles. The predicted molar refractivity (Wildman–Crippen MR) is 75.0 cm³/mol. The van der Waals surface area contributed by atoms with E-state index in [1.54, 1.807) is 4.90 Å². The van der Waals surface area contributed by atoms with Gasteiger partial charge in [-0.1, -0.05) is 13.8 Å². The van der Waals surface area contributed by atoms with Crippen LogP contribution in [0.3, 0.4) is 0 Å². The second kappa shape index (κ2) is 7.06. The monoisotopic (exact) mass is 305 g/mol. The number of likely N-dealkylation sites (tertiary alicyclic amines) is 1. The molecule has 0 spiro atoms. The molecule has 1 aliphatic heterocycles. The van der Waals surface area contributed by atoms with Gasteiger partial charge in [-0.05, 0) is 18.8 Å². The van der Waals surface area contributed by atoms with Crippen LogP contribution in [0.1, 0.15) is 33.1 Å². The lowest BCUT2D eigenvalue weighted by Gasteiger charge is -2.30. The molecule has 20 heavy (non-hydrogen) atoms. The van der Waals surface area contributed by atoms with Crippen LogP contribution in [0.4, 0.5) is 0 Å². The van der Waals surface area contributed by atoms with E-state index in [9.17, 15) is 18.0 Å². The number of carbonyl (C=O) groups excluding carboxylic acids is 1. The summed E-state index contributed by atoms with van der Waals surface area (Å²) >= 11 is 0. The van der Waals surface area contributed by atoms with Gasteiger partial charge in [-0.3, -0.25) is 9.59 Å². The third-order valence-corrected chi connectivity index (χ3v) is 5.41. The molecular formula is C13H23NO5S. The lowest BCUT2D eigenvalue weighted by molar-refractivity contribution is -0.145. The van der Waals surface area contributed by atoms with Crippen LogP contribution in [-0.2, 0) is 19.4 Å². The second-order valence-electron chi connectivity index (χ2n) is 5.75. The van der Waals surface area contributed by atoms with Gasteiger partial charge in [0.2, 0.25) is 5.91 Å². The van der Waals surface area contributed by atoms with E-state index >= 15 is 0 Å². The van der Waals surface area contributed by atoms with Crippen molar-refractivity contribution in [3.63, 3.8) is 0 Å². The van der Waals surface area contributed by atoms with Crippen LogP contribution < -0.4 is 0 Å². The van der Waals surface area contributed by atoms with E-state index in [0.29, 0.717) is 25.9 Å². The number of hydrogen-bond acceptors (Lipinski definition) is 4. The van der Waals surface area contributed by atoms with Crippen molar-refractivity contribution in [1.29, 1.82) is 0 Å². The molecule has 1 amide bonds. The van der Waals surface area contributed by atoms with Crippen LogP contribution in [0.15, 0.2) is 0 Å². The summed E-state index contributed by atoms with van der Waals surface area (Å²) < 4.78 is 23.4. The first-order chi connectivity index (χ1) is 9.21. The van der Waals surface area contributed by atoms with E-state index < -0.39 is 15.8 Å². The third kappa shape index (κ3) is 5.48. The quantitative estimate of drug-likeness (QED) is 0.782. The van der Waals surface area contributed by atoms with Gasteiger partial charge in [0.1, 0.15) is 0 Å². The van der Waals surface area contributed by atoms with Crippen molar-refractivity contribution in [1.82, 2.24) is 4.90 Å². The van der Waals surface area contributed by atoms with Gasteiger partial charge in [-0.15, -0.1) is 0 Å². The maximum absolute atomic E-state index is 11.9. The van der Waals surface area contributed by atoms with Crippen molar-refractivity contribution >= 4 is 21.7 Å². The fourth-order valence-corrected chi connectivity index (χ4v) is 4.04. The largest absolute Gasteiger partial charge is 0.481 e. The fraction of sp³-hybridized carbons (Fsp3) is 0.846. The molecule has 1 heterocycles. The minimum absolute atomic E-state index is 0.00715. The van der Waals surface area contributed by atoms with Crippen LogP contribution in [0.5, 0.6) is 0 Å². The molecule has 0 aliphatic carbocycles. The van der Waals surface area contributed by atoms with E-state index in [2.05, 4.69) is 0 Å². The molecule has 0 radical (unpaired) electrons. The van der Waals surface area contributed by atoms with Gasteiger partial charge in [-0.25, -0.2) is 8.42 Å². The lowest BCUT2D eigenvalue weighted by Crippen LogP contribution is -2.40. The van der Waals surface area contributed by atoms with E-state index in [1.807, 2.05) is 13.8 Å². The summed E-state index contributed by atoms with van der Waals surface area (Å²) in [7, 11) is -3.18. The Kier molecular flexibility index (Phi) is 5.98. The first kappa shape index (κ1) is 16.9. The first-order valence-corrected chi connectivity index (χ1v) is 8.74. The number of carbonyl (C=O) groups is 2. The lowest BCUT2D eigenvalue weighted by atomic mass is 9.97. The molecule has 0 atom stereocenters. The van der Waals surface area contributed by atoms with Gasteiger partial charge in [-0.2, -0.15) is 0 Å². The second-order valence-corrected chi connectivity index (χ2v) is 7.98. The van der Waals surface area contributed by atoms with Gasteiger partial charge in [0.25, 0.3) is 0 Å². The molecular weight excluding hydrogens is 282 g/mol.